The number of hydrogen-bond acceptors (Lipinski definition) is 6. The van der Waals surface area contributed by atoms with Crippen LogP contribution in [-0.4, -0.2) is 47.6 Å². The summed E-state index contributed by atoms with van der Waals surface area (Å²) in [5.74, 6) is -0.0606. The Balaban J connectivity index is 1.85. The highest BCUT2D eigenvalue weighted by atomic mass is 16.7. The molecule has 0 aromatic carbocycles. The van der Waals surface area contributed by atoms with Gasteiger partial charge in [-0.3, -0.25) is 4.79 Å². The molecule has 3 rings (SSSR count). The molecule has 0 aromatic rings. The second-order valence-corrected chi connectivity index (χ2v) is 9.34. The van der Waals surface area contributed by atoms with Crippen LogP contribution in [0.1, 0.15) is 67.7 Å². The monoisotopic (exact) mass is 394 g/mol. The fraction of sp³-hybridized carbons (Fsp3) is 0.818. The molecule has 7 atom stereocenters. The van der Waals surface area contributed by atoms with Gasteiger partial charge in [0.25, 0.3) is 0 Å². The Labute approximate surface area is 167 Å². The van der Waals surface area contributed by atoms with Crippen molar-refractivity contribution in [1.29, 1.82) is 0 Å². The Hall–Kier alpha value is -1.40. The first kappa shape index (κ1) is 21.3. The molecule has 2 saturated heterocycles. The van der Waals surface area contributed by atoms with Gasteiger partial charge in [0, 0.05) is 24.8 Å². The number of ether oxygens (including phenoxy) is 4. The van der Waals surface area contributed by atoms with E-state index >= 15 is 0 Å². The molecule has 6 nitrogen and oxygen atoms in total. The van der Waals surface area contributed by atoms with Gasteiger partial charge < -0.3 is 18.9 Å². The maximum Gasteiger partial charge on any atom is 0.333 e. The first-order chi connectivity index (χ1) is 13.0. The molecule has 1 saturated carbocycles. The predicted octanol–water partition coefficient (Wildman–Crippen LogP) is 3.57. The van der Waals surface area contributed by atoms with Gasteiger partial charge in [-0.05, 0) is 46.5 Å². The second kappa shape index (κ2) is 7.45. The van der Waals surface area contributed by atoms with E-state index in [0.717, 1.165) is 12.8 Å². The Bertz CT molecular complexity index is 670. The summed E-state index contributed by atoms with van der Waals surface area (Å²) >= 11 is 0. The van der Waals surface area contributed by atoms with Crippen LogP contribution >= 0.6 is 0 Å². The van der Waals surface area contributed by atoms with Crippen molar-refractivity contribution in [3.8, 4) is 0 Å². The Morgan fingerprint density at radius 1 is 1.07 bits per heavy atom. The van der Waals surface area contributed by atoms with Gasteiger partial charge >= 0.3 is 11.9 Å². The first-order valence-corrected chi connectivity index (χ1v) is 10.4. The molecule has 1 aliphatic carbocycles. The van der Waals surface area contributed by atoms with Crippen molar-refractivity contribution in [3.63, 3.8) is 0 Å². The average Bonchev–Trinajstić information content (AvgIpc) is 3.46. The molecule has 2 aliphatic heterocycles. The van der Waals surface area contributed by atoms with Crippen LogP contribution in [0.25, 0.3) is 0 Å². The molecular formula is C22H34O6. The summed E-state index contributed by atoms with van der Waals surface area (Å²) < 4.78 is 23.7. The Kier molecular flexibility index (Phi) is 5.67. The van der Waals surface area contributed by atoms with Gasteiger partial charge in [-0.15, -0.1) is 0 Å². The maximum absolute atomic E-state index is 12.4. The minimum absolute atomic E-state index is 0.124. The summed E-state index contributed by atoms with van der Waals surface area (Å²) in [6, 6.07) is 0. The zero-order chi connectivity index (χ0) is 20.9. The van der Waals surface area contributed by atoms with E-state index in [4.69, 9.17) is 18.9 Å². The van der Waals surface area contributed by atoms with E-state index in [1.807, 2.05) is 13.8 Å². The summed E-state index contributed by atoms with van der Waals surface area (Å²) in [5.41, 5.74) is -0.233. The van der Waals surface area contributed by atoms with E-state index in [9.17, 15) is 9.59 Å². The molecule has 3 fully saturated rings. The van der Waals surface area contributed by atoms with Gasteiger partial charge in [-0.25, -0.2) is 4.79 Å². The van der Waals surface area contributed by atoms with Crippen molar-refractivity contribution in [2.75, 3.05) is 0 Å². The molecule has 0 amide bonds. The molecule has 0 unspecified atom stereocenters. The molecule has 6 heteroatoms. The minimum Gasteiger partial charge on any atom is -0.459 e. The number of fused-ring (bicyclic) bond motifs is 2. The lowest BCUT2D eigenvalue weighted by Crippen LogP contribution is -2.41. The molecule has 28 heavy (non-hydrogen) atoms. The molecule has 158 valence electrons. The molecule has 0 aromatic heterocycles. The van der Waals surface area contributed by atoms with E-state index in [1.54, 1.807) is 13.0 Å². The normalized spacial score (nSPS) is 42.9. The molecule has 0 N–H and O–H groups in total. The summed E-state index contributed by atoms with van der Waals surface area (Å²) in [6.45, 7) is 13.4. The van der Waals surface area contributed by atoms with Crippen molar-refractivity contribution in [1.82, 2.24) is 0 Å². The average molecular weight is 395 g/mol. The summed E-state index contributed by atoms with van der Waals surface area (Å²) in [6.07, 6.45) is 2.99. The quantitative estimate of drug-likeness (QED) is 0.412. The number of rotatable bonds is 4. The highest BCUT2D eigenvalue weighted by Crippen LogP contribution is 2.54. The highest BCUT2D eigenvalue weighted by Gasteiger charge is 2.66. The summed E-state index contributed by atoms with van der Waals surface area (Å²) in [7, 11) is 0. The number of epoxide rings is 2. The predicted molar refractivity (Wildman–Crippen MR) is 104 cm³/mol. The van der Waals surface area contributed by atoms with Crippen LogP contribution in [0.4, 0.5) is 0 Å². The third-order valence-corrected chi connectivity index (χ3v) is 6.69. The molecule has 3 aliphatic rings. The highest BCUT2D eigenvalue weighted by molar-refractivity contribution is 5.87. The van der Waals surface area contributed by atoms with E-state index in [1.165, 1.54) is 6.92 Å². The largest absolute Gasteiger partial charge is 0.459 e. The Morgan fingerprint density at radius 3 is 2.29 bits per heavy atom. The van der Waals surface area contributed by atoms with Crippen molar-refractivity contribution in [3.05, 3.63) is 11.6 Å². The van der Waals surface area contributed by atoms with Crippen molar-refractivity contribution in [2.24, 2.45) is 11.8 Å². The van der Waals surface area contributed by atoms with Crippen LogP contribution in [0.5, 0.6) is 0 Å². The van der Waals surface area contributed by atoms with Crippen molar-refractivity contribution in [2.45, 2.75) is 103 Å². The number of carbonyl (C=O) groups excluding carboxylic acids is 2. The smallest absolute Gasteiger partial charge is 0.333 e. The molecule has 0 spiro atoms. The van der Waals surface area contributed by atoms with Gasteiger partial charge in [-0.2, -0.15) is 0 Å². The number of esters is 2. The number of allylic oxidation sites excluding steroid dienone is 1. The van der Waals surface area contributed by atoms with Gasteiger partial charge in [0.1, 0.15) is 24.4 Å². The van der Waals surface area contributed by atoms with Crippen LogP contribution in [0, 0.1) is 11.8 Å². The lowest BCUT2D eigenvalue weighted by Gasteiger charge is -2.31. The number of hydrogen-bond donors (Lipinski definition) is 0. The maximum atomic E-state index is 12.4. The van der Waals surface area contributed by atoms with Crippen LogP contribution in [-0.2, 0) is 28.5 Å². The van der Waals surface area contributed by atoms with E-state index in [2.05, 4.69) is 20.8 Å². The lowest BCUT2D eigenvalue weighted by molar-refractivity contribution is -0.151. The SMILES string of the molecule is C/C=C(/C)C(=O)O[C@@H]1C[C@]2(C)O[C@H]2[C@H](OC(C)=O)[C@H](C(C)C)CC[C@]2(C)O[C@@H]12. The molecular weight excluding hydrogens is 360 g/mol. The summed E-state index contributed by atoms with van der Waals surface area (Å²) in [4.78, 5) is 24.2. The Morgan fingerprint density at radius 2 is 1.71 bits per heavy atom. The third kappa shape index (κ3) is 4.13. The zero-order valence-corrected chi connectivity index (χ0v) is 18.1. The lowest BCUT2D eigenvalue weighted by atomic mass is 9.77. The van der Waals surface area contributed by atoms with Gasteiger partial charge in [-0.1, -0.05) is 19.9 Å². The van der Waals surface area contributed by atoms with E-state index in [-0.39, 0.29) is 47.9 Å². The topological polar surface area (TPSA) is 77.7 Å². The fourth-order valence-electron chi connectivity index (χ4n) is 4.61. The second-order valence-electron chi connectivity index (χ2n) is 9.34. The molecule has 0 bridgehead atoms. The standard InChI is InChI=1S/C22H34O6/c1-8-13(4)20(24)26-16-11-22(7)19(28-22)17(25-14(5)23)15(12(2)3)9-10-21(6)18(16)27-21/h8,12,15-19H,9-11H2,1-7H3/b13-8-/t15-,16+,17+,18-,19-,21-,22-/m0/s1. The van der Waals surface area contributed by atoms with Gasteiger partial charge in [0.15, 0.2) is 0 Å². The van der Waals surface area contributed by atoms with Gasteiger partial charge in [0.2, 0.25) is 0 Å². The molecule has 0 radical (unpaired) electrons. The van der Waals surface area contributed by atoms with E-state index < -0.39 is 5.60 Å². The van der Waals surface area contributed by atoms with Crippen LogP contribution in [0.15, 0.2) is 11.6 Å². The molecule has 2 heterocycles. The van der Waals surface area contributed by atoms with Crippen LogP contribution in [0.2, 0.25) is 0 Å². The van der Waals surface area contributed by atoms with Crippen molar-refractivity contribution >= 4 is 11.9 Å². The fourth-order valence-corrected chi connectivity index (χ4v) is 4.61. The van der Waals surface area contributed by atoms with Crippen LogP contribution < -0.4 is 0 Å². The van der Waals surface area contributed by atoms with Crippen LogP contribution in [0.3, 0.4) is 0 Å². The van der Waals surface area contributed by atoms with Crippen molar-refractivity contribution < 1.29 is 28.5 Å². The van der Waals surface area contributed by atoms with Gasteiger partial charge in [0.05, 0.1) is 11.2 Å². The number of carbonyl (C=O) groups is 2. The minimum atomic E-state index is -0.494. The third-order valence-electron chi connectivity index (χ3n) is 6.69. The zero-order valence-electron chi connectivity index (χ0n) is 18.1. The summed E-state index contributed by atoms with van der Waals surface area (Å²) in [5, 5.41) is 0. The first-order valence-electron chi connectivity index (χ1n) is 10.4. The van der Waals surface area contributed by atoms with E-state index in [0.29, 0.717) is 17.9 Å².